The van der Waals surface area contributed by atoms with Gasteiger partial charge in [0.15, 0.2) is 0 Å². The van der Waals surface area contributed by atoms with Crippen molar-refractivity contribution < 1.29 is 19.4 Å². The zero-order valence-electron chi connectivity index (χ0n) is 14.7. The predicted octanol–water partition coefficient (Wildman–Crippen LogP) is 2.67. The number of methoxy groups -OCH3 is 2. The minimum absolute atomic E-state index is 0.0649. The number of hydrogen-bond donors (Lipinski definition) is 2. The Balaban J connectivity index is 1.78. The zero-order chi connectivity index (χ0) is 18.7. The van der Waals surface area contributed by atoms with E-state index in [1.807, 2.05) is 29.9 Å². The Labute approximate surface area is 150 Å². The summed E-state index contributed by atoms with van der Waals surface area (Å²) >= 11 is 0. The summed E-state index contributed by atoms with van der Waals surface area (Å²) in [7, 11) is 4.91. The van der Waals surface area contributed by atoms with Crippen LogP contribution in [-0.4, -0.2) is 36.0 Å². The van der Waals surface area contributed by atoms with Gasteiger partial charge in [-0.15, -0.1) is 0 Å². The van der Waals surface area contributed by atoms with Crippen molar-refractivity contribution in [3.63, 3.8) is 0 Å². The van der Waals surface area contributed by atoms with Gasteiger partial charge in [0, 0.05) is 41.8 Å². The highest BCUT2D eigenvalue weighted by molar-refractivity contribution is 5.99. The van der Waals surface area contributed by atoms with Gasteiger partial charge in [0.25, 0.3) is 5.91 Å². The van der Waals surface area contributed by atoms with E-state index in [9.17, 15) is 9.90 Å². The highest BCUT2D eigenvalue weighted by atomic mass is 16.5. The van der Waals surface area contributed by atoms with Crippen LogP contribution in [0.4, 0.5) is 0 Å². The van der Waals surface area contributed by atoms with E-state index >= 15 is 0 Å². The van der Waals surface area contributed by atoms with E-state index in [0.717, 1.165) is 10.9 Å². The van der Waals surface area contributed by atoms with Gasteiger partial charge < -0.3 is 19.1 Å². The van der Waals surface area contributed by atoms with Crippen molar-refractivity contribution >= 4 is 23.0 Å². The van der Waals surface area contributed by atoms with Gasteiger partial charge in [0.05, 0.1) is 26.0 Å². The smallest absolute Gasteiger partial charge is 0.271 e. The second-order valence-electron chi connectivity index (χ2n) is 5.66. The number of hydrazone groups is 1. The number of phenolic OH excluding ortho intramolecular Hbond substituents is 1. The normalized spacial score (nSPS) is 11.0. The summed E-state index contributed by atoms with van der Waals surface area (Å²) in [4.78, 5) is 12.3. The molecular weight excluding hydrogens is 334 g/mol. The largest absolute Gasteiger partial charge is 0.507 e. The van der Waals surface area contributed by atoms with E-state index < -0.39 is 0 Å². The second kappa shape index (κ2) is 7.18. The summed E-state index contributed by atoms with van der Waals surface area (Å²) in [5.41, 5.74) is 4.32. The number of ether oxygens (including phenoxy) is 2. The molecule has 1 amide bonds. The van der Waals surface area contributed by atoms with Gasteiger partial charge in [-0.2, -0.15) is 5.10 Å². The number of phenols is 1. The van der Waals surface area contributed by atoms with Crippen LogP contribution in [0.25, 0.3) is 10.9 Å². The van der Waals surface area contributed by atoms with Crippen LogP contribution in [0.15, 0.2) is 47.7 Å². The summed E-state index contributed by atoms with van der Waals surface area (Å²) in [6.07, 6.45) is 3.26. The molecule has 0 radical (unpaired) electrons. The van der Waals surface area contributed by atoms with Crippen LogP contribution in [0.5, 0.6) is 17.2 Å². The summed E-state index contributed by atoms with van der Waals surface area (Å²) in [5, 5.41) is 15.0. The molecule has 0 fully saturated rings. The van der Waals surface area contributed by atoms with E-state index in [-0.39, 0.29) is 11.7 Å². The minimum Gasteiger partial charge on any atom is -0.507 e. The first kappa shape index (κ1) is 17.3. The third kappa shape index (κ3) is 3.32. The molecule has 7 heteroatoms. The Hall–Kier alpha value is -3.48. The standard InChI is InChI=1S/C19H19N3O4/c1-22-7-6-12-8-13(4-5-16(12)22)19(24)21-20-11-15-17(23)9-14(25-2)10-18(15)26-3/h4-11,23H,1-3H3,(H,21,24). The fourth-order valence-electron chi connectivity index (χ4n) is 2.65. The highest BCUT2D eigenvalue weighted by Crippen LogP contribution is 2.31. The first-order valence-corrected chi connectivity index (χ1v) is 7.87. The number of carbonyl (C=O) groups is 1. The first-order chi connectivity index (χ1) is 12.5. The van der Waals surface area contributed by atoms with Gasteiger partial charge in [0.1, 0.15) is 17.2 Å². The molecule has 0 bridgehead atoms. The van der Waals surface area contributed by atoms with Crippen molar-refractivity contribution in [3.8, 4) is 17.2 Å². The molecule has 3 rings (SSSR count). The van der Waals surface area contributed by atoms with Gasteiger partial charge in [-0.25, -0.2) is 5.43 Å². The lowest BCUT2D eigenvalue weighted by molar-refractivity contribution is 0.0955. The van der Waals surface area contributed by atoms with Gasteiger partial charge in [0.2, 0.25) is 0 Å². The molecule has 0 aliphatic rings. The van der Waals surface area contributed by atoms with Crippen molar-refractivity contribution in [1.29, 1.82) is 0 Å². The van der Waals surface area contributed by atoms with E-state index in [4.69, 9.17) is 9.47 Å². The molecule has 1 heterocycles. The number of amides is 1. The lowest BCUT2D eigenvalue weighted by atomic mass is 10.1. The van der Waals surface area contributed by atoms with Crippen LogP contribution in [0.1, 0.15) is 15.9 Å². The third-order valence-electron chi connectivity index (χ3n) is 4.06. The molecular formula is C19H19N3O4. The van der Waals surface area contributed by atoms with E-state index in [1.54, 1.807) is 18.2 Å². The number of aromatic hydroxyl groups is 1. The Morgan fingerprint density at radius 1 is 1.19 bits per heavy atom. The Kier molecular flexibility index (Phi) is 4.79. The maximum atomic E-state index is 12.3. The average Bonchev–Trinajstić information content (AvgIpc) is 3.02. The minimum atomic E-state index is -0.348. The first-order valence-electron chi connectivity index (χ1n) is 7.87. The molecule has 134 valence electrons. The van der Waals surface area contributed by atoms with Gasteiger partial charge >= 0.3 is 0 Å². The molecule has 0 unspecified atom stereocenters. The maximum Gasteiger partial charge on any atom is 0.271 e. The predicted molar refractivity (Wildman–Crippen MR) is 99.2 cm³/mol. The van der Waals surface area contributed by atoms with Crippen molar-refractivity contribution in [1.82, 2.24) is 9.99 Å². The molecule has 7 nitrogen and oxygen atoms in total. The number of nitrogens with one attached hydrogen (secondary N) is 1. The molecule has 0 aliphatic heterocycles. The summed E-state index contributed by atoms with van der Waals surface area (Å²) in [6, 6.07) is 10.4. The number of carbonyl (C=O) groups excluding carboxylic acids is 1. The number of benzene rings is 2. The Morgan fingerprint density at radius 3 is 2.73 bits per heavy atom. The van der Waals surface area contributed by atoms with Crippen LogP contribution in [0, 0.1) is 0 Å². The third-order valence-corrected chi connectivity index (χ3v) is 4.06. The average molecular weight is 353 g/mol. The molecule has 0 aliphatic carbocycles. The maximum absolute atomic E-state index is 12.3. The van der Waals surface area contributed by atoms with Crippen molar-refractivity contribution in [2.24, 2.45) is 12.1 Å². The van der Waals surface area contributed by atoms with Crippen LogP contribution in [-0.2, 0) is 7.05 Å². The number of fused-ring (bicyclic) bond motifs is 1. The lowest BCUT2D eigenvalue weighted by Crippen LogP contribution is -2.17. The number of rotatable bonds is 5. The number of aromatic nitrogens is 1. The molecule has 1 aromatic heterocycles. The number of hydrogen-bond acceptors (Lipinski definition) is 5. The monoisotopic (exact) mass is 353 g/mol. The number of aryl methyl sites for hydroxylation is 1. The van der Waals surface area contributed by atoms with Gasteiger partial charge in [-0.05, 0) is 24.3 Å². The lowest BCUT2D eigenvalue weighted by Gasteiger charge is -2.09. The van der Waals surface area contributed by atoms with Crippen molar-refractivity contribution in [2.45, 2.75) is 0 Å². The molecule has 0 spiro atoms. The number of nitrogens with zero attached hydrogens (tertiary/aromatic N) is 2. The van der Waals surface area contributed by atoms with E-state index in [2.05, 4.69) is 10.5 Å². The summed E-state index contributed by atoms with van der Waals surface area (Å²) in [6.45, 7) is 0. The van der Waals surface area contributed by atoms with E-state index in [0.29, 0.717) is 22.6 Å². The quantitative estimate of drug-likeness (QED) is 0.545. The van der Waals surface area contributed by atoms with E-state index in [1.165, 1.54) is 26.5 Å². The molecule has 3 aromatic rings. The van der Waals surface area contributed by atoms with Crippen molar-refractivity contribution in [3.05, 3.63) is 53.7 Å². The SMILES string of the molecule is COc1cc(O)c(C=NNC(=O)c2ccc3c(ccn3C)c2)c(OC)c1. The van der Waals surface area contributed by atoms with Gasteiger partial charge in [-0.3, -0.25) is 4.79 Å². The van der Waals surface area contributed by atoms with Crippen molar-refractivity contribution in [2.75, 3.05) is 14.2 Å². The van der Waals surface area contributed by atoms with Crippen LogP contribution >= 0.6 is 0 Å². The van der Waals surface area contributed by atoms with Crippen LogP contribution in [0.2, 0.25) is 0 Å². The second-order valence-corrected chi connectivity index (χ2v) is 5.66. The van der Waals surface area contributed by atoms with Crippen LogP contribution in [0.3, 0.4) is 0 Å². The van der Waals surface area contributed by atoms with Crippen LogP contribution < -0.4 is 14.9 Å². The zero-order valence-corrected chi connectivity index (χ0v) is 14.7. The fourth-order valence-corrected chi connectivity index (χ4v) is 2.65. The molecule has 0 saturated heterocycles. The Morgan fingerprint density at radius 2 is 2.00 bits per heavy atom. The summed E-state index contributed by atoms with van der Waals surface area (Å²) < 4.78 is 12.3. The topological polar surface area (TPSA) is 85.1 Å². The summed E-state index contributed by atoms with van der Waals surface area (Å²) in [5.74, 6) is 0.422. The highest BCUT2D eigenvalue weighted by Gasteiger charge is 2.11. The molecule has 0 saturated carbocycles. The molecule has 2 aromatic carbocycles. The fraction of sp³-hybridized carbons (Fsp3) is 0.158. The molecule has 26 heavy (non-hydrogen) atoms. The molecule has 0 atom stereocenters. The van der Waals surface area contributed by atoms with Gasteiger partial charge in [-0.1, -0.05) is 0 Å². The molecule has 2 N–H and O–H groups in total. The Bertz CT molecular complexity index is 992.